The summed E-state index contributed by atoms with van der Waals surface area (Å²) in [4.78, 5) is 34.4. The summed E-state index contributed by atoms with van der Waals surface area (Å²) in [5, 5.41) is 0.733. The van der Waals surface area contributed by atoms with E-state index in [-0.39, 0.29) is 19.4 Å². The molecule has 100 valence electrons. The summed E-state index contributed by atoms with van der Waals surface area (Å²) in [6, 6.07) is 9.13. The molecule has 0 bridgehead atoms. The number of hydrazine groups is 1. The van der Waals surface area contributed by atoms with Gasteiger partial charge in [0.15, 0.2) is 0 Å². The lowest BCUT2D eigenvalue weighted by Crippen LogP contribution is -2.51. The van der Waals surface area contributed by atoms with Crippen LogP contribution in [-0.2, 0) is 20.9 Å². The van der Waals surface area contributed by atoms with Gasteiger partial charge >= 0.3 is 6.09 Å². The average molecular weight is 262 g/mol. The highest BCUT2D eigenvalue weighted by Crippen LogP contribution is 2.10. The summed E-state index contributed by atoms with van der Waals surface area (Å²) < 4.78 is 4.93. The quantitative estimate of drug-likeness (QED) is 0.835. The van der Waals surface area contributed by atoms with Crippen LogP contribution < -0.4 is 5.43 Å². The van der Waals surface area contributed by atoms with Crippen molar-refractivity contribution in [3.05, 3.63) is 35.9 Å². The number of nitrogens with zero attached hydrogens (tertiary/aromatic N) is 1. The van der Waals surface area contributed by atoms with Crippen molar-refractivity contribution in [2.45, 2.75) is 25.9 Å². The Bertz CT molecular complexity index is 471. The van der Waals surface area contributed by atoms with Gasteiger partial charge in [-0.15, -0.1) is 0 Å². The molecule has 0 aromatic heterocycles. The van der Waals surface area contributed by atoms with E-state index in [1.54, 1.807) is 0 Å². The molecule has 1 saturated heterocycles. The zero-order valence-electron chi connectivity index (χ0n) is 10.3. The van der Waals surface area contributed by atoms with Gasteiger partial charge in [-0.25, -0.2) is 10.2 Å². The number of carbonyl (C=O) groups is 3. The van der Waals surface area contributed by atoms with E-state index in [1.807, 2.05) is 30.3 Å². The topological polar surface area (TPSA) is 75.7 Å². The first kappa shape index (κ1) is 13.1. The predicted octanol–water partition coefficient (Wildman–Crippen LogP) is 1.37. The third kappa shape index (κ3) is 3.54. The fourth-order valence-electron chi connectivity index (χ4n) is 1.72. The van der Waals surface area contributed by atoms with E-state index in [9.17, 15) is 14.4 Å². The Morgan fingerprint density at radius 1 is 1.16 bits per heavy atom. The van der Waals surface area contributed by atoms with Crippen molar-refractivity contribution in [3.8, 4) is 0 Å². The second-order valence-corrected chi connectivity index (χ2v) is 4.15. The molecule has 6 nitrogen and oxygen atoms in total. The summed E-state index contributed by atoms with van der Waals surface area (Å²) in [6.45, 7) is 0.0862. The average Bonchev–Trinajstić information content (AvgIpc) is 2.42. The van der Waals surface area contributed by atoms with Crippen molar-refractivity contribution in [3.63, 3.8) is 0 Å². The standard InChI is InChI=1S/C13H14N2O4/c16-11-7-4-8-12(17)15(11)14-13(18)19-9-10-5-2-1-3-6-10/h1-3,5-6H,4,7-9H2,(H,14,18). The van der Waals surface area contributed by atoms with E-state index >= 15 is 0 Å². The molecule has 0 spiro atoms. The molecule has 0 atom stereocenters. The summed E-state index contributed by atoms with van der Waals surface area (Å²) >= 11 is 0. The minimum atomic E-state index is -0.813. The number of rotatable bonds is 3. The molecule has 1 heterocycles. The molecule has 19 heavy (non-hydrogen) atoms. The highest BCUT2D eigenvalue weighted by molar-refractivity contribution is 5.98. The van der Waals surface area contributed by atoms with Gasteiger partial charge in [0.2, 0.25) is 11.8 Å². The highest BCUT2D eigenvalue weighted by Gasteiger charge is 2.27. The number of carbonyl (C=O) groups excluding carboxylic acids is 3. The Kier molecular flexibility index (Phi) is 4.12. The maximum Gasteiger partial charge on any atom is 0.426 e. The molecule has 1 aromatic rings. The molecule has 1 fully saturated rings. The normalized spacial score (nSPS) is 15.3. The number of nitrogens with one attached hydrogen (secondary N) is 1. The maximum atomic E-state index is 11.5. The zero-order valence-corrected chi connectivity index (χ0v) is 10.3. The molecule has 1 N–H and O–H groups in total. The molecule has 1 aromatic carbocycles. The fourth-order valence-corrected chi connectivity index (χ4v) is 1.72. The van der Waals surface area contributed by atoms with Crippen molar-refractivity contribution in [1.29, 1.82) is 0 Å². The molecule has 0 saturated carbocycles. The largest absolute Gasteiger partial charge is 0.443 e. The van der Waals surface area contributed by atoms with E-state index in [4.69, 9.17) is 4.74 Å². The van der Waals surface area contributed by atoms with Gasteiger partial charge in [-0.2, -0.15) is 5.01 Å². The van der Waals surface area contributed by atoms with E-state index in [2.05, 4.69) is 5.43 Å². The second kappa shape index (κ2) is 5.99. The number of piperidine rings is 1. The van der Waals surface area contributed by atoms with Crippen molar-refractivity contribution in [2.75, 3.05) is 0 Å². The Morgan fingerprint density at radius 3 is 2.42 bits per heavy atom. The second-order valence-electron chi connectivity index (χ2n) is 4.15. The van der Waals surface area contributed by atoms with Crippen molar-refractivity contribution < 1.29 is 19.1 Å². The Labute approximate surface area is 110 Å². The Morgan fingerprint density at radius 2 is 1.79 bits per heavy atom. The van der Waals surface area contributed by atoms with Crippen LogP contribution in [0.5, 0.6) is 0 Å². The number of benzene rings is 1. The van der Waals surface area contributed by atoms with Crippen LogP contribution in [0.4, 0.5) is 4.79 Å². The van der Waals surface area contributed by atoms with Crippen molar-refractivity contribution in [1.82, 2.24) is 10.4 Å². The van der Waals surface area contributed by atoms with Crippen LogP contribution in [0.3, 0.4) is 0 Å². The number of amides is 3. The van der Waals surface area contributed by atoms with Gasteiger partial charge < -0.3 is 4.74 Å². The predicted molar refractivity (Wildman–Crippen MR) is 65.5 cm³/mol. The monoisotopic (exact) mass is 262 g/mol. The van der Waals surface area contributed by atoms with Gasteiger partial charge in [-0.05, 0) is 12.0 Å². The third-order valence-corrected chi connectivity index (χ3v) is 2.70. The van der Waals surface area contributed by atoms with Crippen molar-refractivity contribution >= 4 is 17.9 Å². The molecule has 3 amide bonds. The van der Waals surface area contributed by atoms with Gasteiger partial charge in [-0.1, -0.05) is 30.3 Å². The molecular weight excluding hydrogens is 248 g/mol. The number of hydrogen-bond acceptors (Lipinski definition) is 4. The summed E-state index contributed by atoms with van der Waals surface area (Å²) in [5.74, 6) is -0.819. The first-order valence-corrected chi connectivity index (χ1v) is 6.00. The molecule has 6 heteroatoms. The zero-order chi connectivity index (χ0) is 13.7. The first-order chi connectivity index (χ1) is 9.16. The smallest absolute Gasteiger partial charge is 0.426 e. The first-order valence-electron chi connectivity index (χ1n) is 6.00. The van der Waals surface area contributed by atoms with Crippen LogP contribution in [-0.4, -0.2) is 22.9 Å². The van der Waals surface area contributed by atoms with Gasteiger partial charge in [0.1, 0.15) is 6.61 Å². The maximum absolute atomic E-state index is 11.5. The third-order valence-electron chi connectivity index (χ3n) is 2.70. The van der Waals surface area contributed by atoms with Crippen molar-refractivity contribution in [2.24, 2.45) is 0 Å². The lowest BCUT2D eigenvalue weighted by molar-refractivity contribution is -0.151. The minimum absolute atomic E-state index is 0.0862. The number of ether oxygens (including phenoxy) is 1. The van der Waals surface area contributed by atoms with E-state index in [0.717, 1.165) is 10.6 Å². The van der Waals surface area contributed by atoms with Crippen LogP contribution in [0.1, 0.15) is 24.8 Å². The van der Waals surface area contributed by atoms with Crippen LogP contribution >= 0.6 is 0 Å². The minimum Gasteiger partial charge on any atom is -0.443 e. The highest BCUT2D eigenvalue weighted by atomic mass is 16.6. The molecular formula is C13H14N2O4. The lowest BCUT2D eigenvalue weighted by atomic mass is 10.1. The summed E-state index contributed by atoms with van der Waals surface area (Å²) in [6.07, 6.45) is 0.220. The van der Waals surface area contributed by atoms with Gasteiger partial charge in [0.25, 0.3) is 0 Å². The SMILES string of the molecule is O=C(NN1C(=O)CCCC1=O)OCc1ccccc1. The molecule has 0 unspecified atom stereocenters. The van der Waals surface area contributed by atoms with E-state index in [1.165, 1.54) is 0 Å². The lowest BCUT2D eigenvalue weighted by Gasteiger charge is -2.24. The Balaban J connectivity index is 1.84. The molecule has 2 rings (SSSR count). The van der Waals surface area contributed by atoms with Crippen LogP contribution in [0, 0.1) is 0 Å². The molecule has 1 aliphatic heterocycles. The van der Waals surface area contributed by atoms with Gasteiger partial charge in [-0.3, -0.25) is 9.59 Å². The Hall–Kier alpha value is -2.37. The van der Waals surface area contributed by atoms with E-state index in [0.29, 0.717) is 6.42 Å². The summed E-state index contributed by atoms with van der Waals surface area (Å²) in [5.41, 5.74) is 2.99. The van der Waals surface area contributed by atoms with Gasteiger partial charge in [0.05, 0.1) is 0 Å². The fraction of sp³-hybridized carbons (Fsp3) is 0.308. The summed E-state index contributed by atoms with van der Waals surface area (Å²) in [7, 11) is 0. The molecule has 1 aliphatic rings. The van der Waals surface area contributed by atoms with Crippen LogP contribution in [0.25, 0.3) is 0 Å². The van der Waals surface area contributed by atoms with Crippen LogP contribution in [0.2, 0.25) is 0 Å². The van der Waals surface area contributed by atoms with Crippen LogP contribution in [0.15, 0.2) is 30.3 Å². The van der Waals surface area contributed by atoms with E-state index < -0.39 is 17.9 Å². The molecule has 0 radical (unpaired) electrons. The molecule has 0 aliphatic carbocycles. The number of imide groups is 1. The number of hydrogen-bond donors (Lipinski definition) is 1. The van der Waals surface area contributed by atoms with Gasteiger partial charge in [0, 0.05) is 12.8 Å².